The van der Waals surface area contributed by atoms with Gasteiger partial charge in [0.25, 0.3) is 0 Å². The number of aliphatic hydroxyl groups excluding tert-OH is 1. The van der Waals surface area contributed by atoms with Crippen LogP contribution >= 0.6 is 0 Å². The molecule has 2 aromatic rings. The smallest absolute Gasteiger partial charge is 0.138 e. The minimum atomic E-state index is -0.883. The number of rotatable bonds is 5. The van der Waals surface area contributed by atoms with Gasteiger partial charge in [0.2, 0.25) is 0 Å². The fraction of sp³-hybridized carbons (Fsp3) is 0.385. The van der Waals surface area contributed by atoms with Gasteiger partial charge in [-0.2, -0.15) is 5.10 Å². The first-order valence-corrected chi connectivity index (χ1v) is 6.02. The normalized spacial score (nSPS) is 14.3. The molecule has 2 rings (SSSR count). The van der Waals surface area contributed by atoms with E-state index in [1.807, 2.05) is 0 Å². The van der Waals surface area contributed by atoms with Gasteiger partial charge < -0.3 is 10.8 Å². The SMILES string of the molecule is Cn1ncnc1CC(CN)(CO)c1ccccc1F. The van der Waals surface area contributed by atoms with Crippen molar-refractivity contribution in [3.8, 4) is 0 Å². The maximum atomic E-state index is 14.0. The van der Waals surface area contributed by atoms with Crippen LogP contribution in [0.2, 0.25) is 0 Å². The summed E-state index contributed by atoms with van der Waals surface area (Å²) in [6.07, 6.45) is 1.76. The van der Waals surface area contributed by atoms with Crippen molar-refractivity contribution >= 4 is 0 Å². The van der Waals surface area contributed by atoms with Gasteiger partial charge in [-0.1, -0.05) is 18.2 Å². The molecule has 1 aromatic carbocycles. The van der Waals surface area contributed by atoms with Crippen LogP contribution < -0.4 is 5.73 Å². The molecule has 102 valence electrons. The summed E-state index contributed by atoms with van der Waals surface area (Å²) in [5.41, 5.74) is 5.32. The Labute approximate surface area is 110 Å². The van der Waals surface area contributed by atoms with Gasteiger partial charge in [-0.05, 0) is 11.6 Å². The van der Waals surface area contributed by atoms with Crippen LogP contribution in [-0.2, 0) is 18.9 Å². The zero-order valence-electron chi connectivity index (χ0n) is 10.8. The van der Waals surface area contributed by atoms with Gasteiger partial charge in [0, 0.05) is 25.4 Å². The standard InChI is InChI=1S/C13H17FN4O/c1-18-12(16-9-17-18)6-13(7-15,8-19)10-4-2-3-5-11(10)14/h2-5,9,19H,6-8,15H2,1H3. The molecule has 0 aliphatic rings. The van der Waals surface area contributed by atoms with Crippen molar-refractivity contribution in [1.29, 1.82) is 0 Å². The molecule has 0 aliphatic heterocycles. The van der Waals surface area contributed by atoms with Gasteiger partial charge in [-0.3, -0.25) is 4.68 Å². The lowest BCUT2D eigenvalue weighted by Gasteiger charge is -2.30. The number of nitrogens with zero attached hydrogens (tertiary/aromatic N) is 3. The van der Waals surface area contributed by atoms with Gasteiger partial charge in [-0.25, -0.2) is 9.37 Å². The van der Waals surface area contributed by atoms with Crippen LogP contribution in [0.15, 0.2) is 30.6 Å². The van der Waals surface area contributed by atoms with Crippen LogP contribution in [0.5, 0.6) is 0 Å². The predicted molar refractivity (Wildman–Crippen MR) is 68.9 cm³/mol. The molecule has 3 N–H and O–H groups in total. The van der Waals surface area contributed by atoms with Gasteiger partial charge in [0.1, 0.15) is 18.0 Å². The minimum absolute atomic E-state index is 0.122. The van der Waals surface area contributed by atoms with Crippen molar-refractivity contribution in [2.75, 3.05) is 13.2 Å². The van der Waals surface area contributed by atoms with Crippen LogP contribution in [0.1, 0.15) is 11.4 Å². The number of benzene rings is 1. The van der Waals surface area contributed by atoms with E-state index in [0.29, 0.717) is 17.8 Å². The fourth-order valence-corrected chi connectivity index (χ4v) is 2.16. The average Bonchev–Trinajstić information content (AvgIpc) is 2.82. The van der Waals surface area contributed by atoms with Crippen molar-refractivity contribution in [3.63, 3.8) is 0 Å². The molecular weight excluding hydrogens is 247 g/mol. The van der Waals surface area contributed by atoms with Crippen LogP contribution in [-0.4, -0.2) is 33.0 Å². The van der Waals surface area contributed by atoms with E-state index in [1.165, 1.54) is 12.4 Å². The van der Waals surface area contributed by atoms with E-state index in [1.54, 1.807) is 29.9 Å². The third-order valence-electron chi connectivity index (χ3n) is 3.44. The van der Waals surface area contributed by atoms with E-state index in [-0.39, 0.29) is 19.0 Å². The third kappa shape index (κ3) is 2.50. The Balaban J connectivity index is 2.44. The first-order chi connectivity index (χ1) is 9.13. The van der Waals surface area contributed by atoms with Gasteiger partial charge in [0.05, 0.1) is 6.61 Å². The first-order valence-electron chi connectivity index (χ1n) is 6.02. The zero-order chi connectivity index (χ0) is 13.9. The second-order valence-corrected chi connectivity index (χ2v) is 4.60. The lowest BCUT2D eigenvalue weighted by atomic mass is 9.77. The molecule has 0 spiro atoms. The minimum Gasteiger partial charge on any atom is -0.395 e. The molecule has 5 nitrogen and oxygen atoms in total. The molecule has 0 fully saturated rings. The maximum Gasteiger partial charge on any atom is 0.138 e. The van der Waals surface area contributed by atoms with Crippen molar-refractivity contribution in [3.05, 3.63) is 47.8 Å². The van der Waals surface area contributed by atoms with Crippen LogP contribution in [0.25, 0.3) is 0 Å². The Kier molecular flexibility index (Phi) is 3.92. The Morgan fingerprint density at radius 2 is 2.16 bits per heavy atom. The molecule has 1 unspecified atom stereocenters. The number of hydrogen-bond donors (Lipinski definition) is 2. The molecule has 0 aliphatic carbocycles. The second kappa shape index (κ2) is 5.46. The molecule has 1 heterocycles. The Morgan fingerprint density at radius 3 is 2.68 bits per heavy atom. The van der Waals surface area contributed by atoms with Gasteiger partial charge >= 0.3 is 0 Å². The van der Waals surface area contributed by atoms with E-state index < -0.39 is 5.41 Å². The highest BCUT2D eigenvalue weighted by atomic mass is 19.1. The number of aliphatic hydroxyl groups is 1. The summed E-state index contributed by atoms with van der Waals surface area (Å²) in [5.74, 6) is 0.284. The molecule has 0 saturated heterocycles. The molecule has 0 bridgehead atoms. The summed E-state index contributed by atoms with van der Waals surface area (Å²) >= 11 is 0. The fourth-order valence-electron chi connectivity index (χ4n) is 2.16. The van der Waals surface area contributed by atoms with E-state index in [2.05, 4.69) is 10.1 Å². The summed E-state index contributed by atoms with van der Waals surface area (Å²) in [5, 5.41) is 13.7. The average molecular weight is 264 g/mol. The number of aromatic nitrogens is 3. The lowest BCUT2D eigenvalue weighted by molar-refractivity contribution is 0.189. The van der Waals surface area contributed by atoms with Gasteiger partial charge in [0.15, 0.2) is 0 Å². The molecule has 19 heavy (non-hydrogen) atoms. The predicted octanol–water partition coefficient (Wildman–Crippen LogP) is 0.386. The zero-order valence-corrected chi connectivity index (χ0v) is 10.8. The molecule has 1 aromatic heterocycles. The number of aryl methyl sites for hydroxylation is 1. The maximum absolute atomic E-state index is 14.0. The van der Waals surface area contributed by atoms with E-state index in [9.17, 15) is 9.50 Å². The summed E-state index contributed by atoms with van der Waals surface area (Å²) < 4.78 is 15.6. The van der Waals surface area contributed by atoms with Crippen LogP contribution in [0.4, 0.5) is 4.39 Å². The summed E-state index contributed by atoms with van der Waals surface area (Å²) in [7, 11) is 1.75. The van der Waals surface area contributed by atoms with Gasteiger partial charge in [-0.15, -0.1) is 0 Å². The lowest BCUT2D eigenvalue weighted by Crippen LogP contribution is -2.42. The van der Waals surface area contributed by atoms with E-state index in [4.69, 9.17) is 5.73 Å². The topological polar surface area (TPSA) is 77.0 Å². The quantitative estimate of drug-likeness (QED) is 0.819. The number of hydrogen-bond acceptors (Lipinski definition) is 4. The molecule has 0 amide bonds. The Bertz CT molecular complexity index is 551. The van der Waals surface area contributed by atoms with Crippen molar-refractivity contribution in [1.82, 2.24) is 14.8 Å². The summed E-state index contributed by atoms with van der Waals surface area (Å²) in [6.45, 7) is -0.130. The second-order valence-electron chi connectivity index (χ2n) is 4.60. The Morgan fingerprint density at radius 1 is 1.42 bits per heavy atom. The van der Waals surface area contributed by atoms with Crippen molar-refractivity contribution in [2.24, 2.45) is 12.8 Å². The number of halogens is 1. The molecular formula is C13H17FN4O. The molecule has 0 saturated carbocycles. The molecule has 0 radical (unpaired) electrons. The molecule has 1 atom stereocenters. The van der Waals surface area contributed by atoms with E-state index >= 15 is 0 Å². The first kappa shape index (κ1) is 13.6. The highest BCUT2D eigenvalue weighted by molar-refractivity contribution is 5.29. The van der Waals surface area contributed by atoms with E-state index in [0.717, 1.165) is 0 Å². The van der Waals surface area contributed by atoms with Crippen molar-refractivity contribution < 1.29 is 9.50 Å². The highest BCUT2D eigenvalue weighted by Gasteiger charge is 2.34. The molecule has 6 heteroatoms. The Hall–Kier alpha value is -1.79. The summed E-state index contributed by atoms with van der Waals surface area (Å²) in [4.78, 5) is 4.11. The van der Waals surface area contributed by atoms with Crippen LogP contribution in [0.3, 0.4) is 0 Å². The monoisotopic (exact) mass is 264 g/mol. The highest BCUT2D eigenvalue weighted by Crippen LogP contribution is 2.28. The number of nitrogens with two attached hydrogens (primary N) is 1. The largest absolute Gasteiger partial charge is 0.395 e. The van der Waals surface area contributed by atoms with Crippen LogP contribution in [0, 0.1) is 5.82 Å². The van der Waals surface area contributed by atoms with Crippen molar-refractivity contribution in [2.45, 2.75) is 11.8 Å². The third-order valence-corrected chi connectivity index (χ3v) is 3.44. The summed E-state index contributed by atoms with van der Waals surface area (Å²) in [6, 6.07) is 6.36.